The van der Waals surface area contributed by atoms with E-state index in [1.165, 1.54) is 24.3 Å². The Hall–Kier alpha value is -2.32. The lowest BCUT2D eigenvalue weighted by Crippen LogP contribution is -2.30. The number of halogens is 1. The maximum Gasteiger partial charge on any atom is 0.214 e. The van der Waals surface area contributed by atoms with Gasteiger partial charge in [0.1, 0.15) is 29.7 Å². The van der Waals surface area contributed by atoms with Crippen molar-refractivity contribution in [3.8, 4) is 17.2 Å². The maximum absolute atomic E-state index is 12.8. The lowest BCUT2D eigenvalue weighted by Gasteiger charge is -2.11. The summed E-state index contributed by atoms with van der Waals surface area (Å²) in [5.74, 6) is 1.17. The molecule has 8 heteroatoms. The zero-order valence-corrected chi connectivity index (χ0v) is 15.5. The van der Waals surface area contributed by atoms with Crippen LogP contribution in [0.3, 0.4) is 0 Å². The Morgan fingerprint density at radius 2 is 1.69 bits per heavy atom. The number of hydrogen-bond acceptors (Lipinski definition) is 5. The van der Waals surface area contributed by atoms with E-state index in [-0.39, 0.29) is 24.7 Å². The van der Waals surface area contributed by atoms with Crippen LogP contribution in [0.1, 0.15) is 5.56 Å². The summed E-state index contributed by atoms with van der Waals surface area (Å²) in [6, 6.07) is 10.8. The Balaban J connectivity index is 1.79. The molecule has 0 aliphatic heterocycles. The maximum atomic E-state index is 12.8. The standard InChI is InChI=1S/C18H22FNO5S/c1-23-17-6-3-14(18(13-17)24-2)9-10-20-26(21,22)12-11-25-16-7-4-15(19)5-8-16/h3-8,13,20H,9-12H2,1-2H3. The summed E-state index contributed by atoms with van der Waals surface area (Å²) in [5.41, 5.74) is 0.874. The van der Waals surface area contributed by atoms with E-state index in [2.05, 4.69) is 4.72 Å². The second-order valence-corrected chi connectivity index (χ2v) is 7.37. The van der Waals surface area contributed by atoms with Crippen LogP contribution < -0.4 is 18.9 Å². The van der Waals surface area contributed by atoms with E-state index in [1.807, 2.05) is 6.07 Å². The predicted octanol–water partition coefficient (Wildman–Crippen LogP) is 2.38. The van der Waals surface area contributed by atoms with Gasteiger partial charge in [0.2, 0.25) is 10.0 Å². The van der Waals surface area contributed by atoms with Crippen molar-refractivity contribution in [2.75, 3.05) is 33.1 Å². The molecule has 1 N–H and O–H groups in total. The monoisotopic (exact) mass is 383 g/mol. The van der Waals surface area contributed by atoms with Crippen LogP contribution >= 0.6 is 0 Å². The van der Waals surface area contributed by atoms with Crippen molar-refractivity contribution < 1.29 is 27.0 Å². The fourth-order valence-electron chi connectivity index (χ4n) is 2.27. The van der Waals surface area contributed by atoms with Gasteiger partial charge in [0, 0.05) is 12.6 Å². The van der Waals surface area contributed by atoms with E-state index in [0.717, 1.165) is 5.56 Å². The molecule has 2 aromatic rings. The number of methoxy groups -OCH3 is 2. The average molecular weight is 383 g/mol. The van der Waals surface area contributed by atoms with E-state index in [9.17, 15) is 12.8 Å². The lowest BCUT2D eigenvalue weighted by atomic mass is 10.1. The Kier molecular flexibility index (Phi) is 7.23. The van der Waals surface area contributed by atoms with Gasteiger partial charge in [-0.3, -0.25) is 0 Å². The predicted molar refractivity (Wildman–Crippen MR) is 96.9 cm³/mol. The average Bonchev–Trinajstić information content (AvgIpc) is 2.63. The van der Waals surface area contributed by atoms with Gasteiger partial charge in [-0.2, -0.15) is 0 Å². The van der Waals surface area contributed by atoms with E-state index >= 15 is 0 Å². The highest BCUT2D eigenvalue weighted by Gasteiger charge is 2.11. The van der Waals surface area contributed by atoms with Crippen molar-refractivity contribution >= 4 is 10.0 Å². The van der Waals surface area contributed by atoms with Gasteiger partial charge in [0.05, 0.1) is 20.0 Å². The molecule has 0 aliphatic rings. The molecule has 0 heterocycles. The van der Waals surface area contributed by atoms with E-state index in [4.69, 9.17) is 14.2 Å². The molecule has 0 aliphatic carbocycles. The van der Waals surface area contributed by atoms with Crippen LogP contribution in [-0.4, -0.2) is 41.5 Å². The summed E-state index contributed by atoms with van der Waals surface area (Å²) in [7, 11) is -0.360. The number of ether oxygens (including phenoxy) is 3. The molecule has 2 rings (SSSR count). The third kappa shape index (κ3) is 6.20. The number of hydrogen-bond donors (Lipinski definition) is 1. The third-order valence-corrected chi connectivity index (χ3v) is 4.99. The Morgan fingerprint density at radius 3 is 2.35 bits per heavy atom. The number of nitrogens with one attached hydrogen (secondary N) is 1. The minimum Gasteiger partial charge on any atom is -0.497 e. The fourth-order valence-corrected chi connectivity index (χ4v) is 3.13. The first-order chi connectivity index (χ1) is 12.4. The molecule has 0 saturated heterocycles. The van der Waals surface area contributed by atoms with Crippen molar-refractivity contribution in [3.05, 3.63) is 53.8 Å². The normalized spacial score (nSPS) is 11.2. The van der Waals surface area contributed by atoms with Gasteiger partial charge in [-0.15, -0.1) is 0 Å². The van der Waals surface area contributed by atoms with Gasteiger partial charge in [-0.05, 0) is 42.3 Å². The molecule has 2 aromatic carbocycles. The molecular formula is C18H22FNO5S. The van der Waals surface area contributed by atoms with E-state index in [1.54, 1.807) is 26.4 Å². The highest BCUT2D eigenvalue weighted by atomic mass is 32.2. The van der Waals surface area contributed by atoms with Gasteiger partial charge < -0.3 is 14.2 Å². The van der Waals surface area contributed by atoms with Crippen molar-refractivity contribution in [1.29, 1.82) is 0 Å². The Labute approximate surface area is 152 Å². The number of benzene rings is 2. The van der Waals surface area contributed by atoms with Crippen LogP contribution in [0, 0.1) is 5.82 Å². The smallest absolute Gasteiger partial charge is 0.214 e. The number of sulfonamides is 1. The van der Waals surface area contributed by atoms with Gasteiger partial charge in [-0.1, -0.05) is 6.07 Å². The first kappa shape index (κ1) is 20.0. The van der Waals surface area contributed by atoms with Gasteiger partial charge in [0.25, 0.3) is 0 Å². The van der Waals surface area contributed by atoms with Crippen molar-refractivity contribution in [1.82, 2.24) is 4.72 Å². The third-order valence-electron chi connectivity index (χ3n) is 3.64. The van der Waals surface area contributed by atoms with Crippen LogP contribution in [0.2, 0.25) is 0 Å². The summed E-state index contributed by atoms with van der Waals surface area (Å²) in [5, 5.41) is 0. The van der Waals surface area contributed by atoms with Crippen LogP contribution in [0.15, 0.2) is 42.5 Å². The topological polar surface area (TPSA) is 73.9 Å². The molecule has 0 fully saturated rings. The zero-order chi connectivity index (χ0) is 19.0. The van der Waals surface area contributed by atoms with Crippen molar-refractivity contribution in [2.24, 2.45) is 0 Å². The fraction of sp³-hybridized carbons (Fsp3) is 0.333. The molecule has 26 heavy (non-hydrogen) atoms. The molecule has 0 bridgehead atoms. The molecule has 0 saturated carbocycles. The molecule has 0 radical (unpaired) electrons. The first-order valence-corrected chi connectivity index (χ1v) is 9.65. The second-order valence-electron chi connectivity index (χ2n) is 5.44. The molecule has 0 aromatic heterocycles. The summed E-state index contributed by atoms with van der Waals surface area (Å²) < 4.78 is 55.1. The summed E-state index contributed by atoms with van der Waals surface area (Å²) >= 11 is 0. The Bertz CT molecular complexity index is 809. The lowest BCUT2D eigenvalue weighted by molar-refractivity contribution is 0.339. The highest BCUT2D eigenvalue weighted by molar-refractivity contribution is 7.89. The van der Waals surface area contributed by atoms with E-state index < -0.39 is 10.0 Å². The molecular weight excluding hydrogens is 361 g/mol. The molecule has 0 unspecified atom stereocenters. The highest BCUT2D eigenvalue weighted by Crippen LogP contribution is 2.24. The van der Waals surface area contributed by atoms with Gasteiger partial charge in [-0.25, -0.2) is 17.5 Å². The van der Waals surface area contributed by atoms with E-state index in [0.29, 0.717) is 23.7 Å². The van der Waals surface area contributed by atoms with Gasteiger partial charge >= 0.3 is 0 Å². The van der Waals surface area contributed by atoms with Gasteiger partial charge in [0.15, 0.2) is 0 Å². The Morgan fingerprint density at radius 1 is 1.00 bits per heavy atom. The van der Waals surface area contributed by atoms with Crippen LogP contribution in [-0.2, 0) is 16.4 Å². The first-order valence-electron chi connectivity index (χ1n) is 8.00. The molecule has 142 valence electrons. The van der Waals surface area contributed by atoms with Crippen molar-refractivity contribution in [2.45, 2.75) is 6.42 Å². The summed E-state index contributed by atoms with van der Waals surface area (Å²) in [6.07, 6.45) is 0.477. The minimum atomic E-state index is -3.48. The largest absolute Gasteiger partial charge is 0.497 e. The minimum absolute atomic E-state index is 0.0210. The van der Waals surface area contributed by atoms with Crippen LogP contribution in [0.25, 0.3) is 0 Å². The molecule has 6 nitrogen and oxygen atoms in total. The quantitative estimate of drug-likeness (QED) is 0.682. The number of rotatable bonds is 10. The summed E-state index contributed by atoms with van der Waals surface area (Å²) in [4.78, 5) is 0. The zero-order valence-electron chi connectivity index (χ0n) is 14.7. The second kappa shape index (κ2) is 9.40. The molecule has 0 atom stereocenters. The summed E-state index contributed by atoms with van der Waals surface area (Å²) in [6.45, 7) is 0.217. The molecule has 0 spiro atoms. The van der Waals surface area contributed by atoms with Crippen LogP contribution in [0.5, 0.6) is 17.2 Å². The molecule has 0 amide bonds. The van der Waals surface area contributed by atoms with Crippen molar-refractivity contribution in [3.63, 3.8) is 0 Å². The SMILES string of the molecule is COc1ccc(CCNS(=O)(=O)CCOc2ccc(F)cc2)c(OC)c1. The van der Waals surface area contributed by atoms with Crippen LogP contribution in [0.4, 0.5) is 4.39 Å².